The fourth-order valence-corrected chi connectivity index (χ4v) is 2.17. The van der Waals surface area contributed by atoms with Crippen molar-refractivity contribution >= 4 is 22.6 Å². The van der Waals surface area contributed by atoms with E-state index in [0.717, 1.165) is 0 Å². The molecule has 2 aromatic rings. The van der Waals surface area contributed by atoms with Crippen molar-refractivity contribution in [3.8, 4) is 16.9 Å². The van der Waals surface area contributed by atoms with E-state index in [4.69, 9.17) is 4.74 Å². The van der Waals surface area contributed by atoms with Crippen LogP contribution in [-0.2, 0) is 0 Å². The van der Waals surface area contributed by atoms with Crippen molar-refractivity contribution in [3.05, 3.63) is 51.6 Å². The van der Waals surface area contributed by atoms with E-state index in [9.17, 15) is 8.78 Å². The van der Waals surface area contributed by atoms with Gasteiger partial charge in [0.2, 0.25) is 0 Å². The van der Waals surface area contributed by atoms with Crippen molar-refractivity contribution in [1.82, 2.24) is 0 Å². The SMILES string of the molecule is COc1cc(-c2ccccc2)c(F)c(F)c1I. The zero-order valence-electron chi connectivity index (χ0n) is 9.01. The number of halogens is 3. The Bertz CT molecular complexity index is 541. The first-order valence-corrected chi connectivity index (χ1v) is 6.00. The topological polar surface area (TPSA) is 9.23 Å². The van der Waals surface area contributed by atoms with E-state index in [0.29, 0.717) is 11.3 Å². The zero-order valence-corrected chi connectivity index (χ0v) is 11.2. The second-order valence-electron chi connectivity index (χ2n) is 3.43. The second-order valence-corrected chi connectivity index (χ2v) is 4.51. The third-order valence-corrected chi connectivity index (χ3v) is 3.42. The Balaban J connectivity index is 2.67. The molecule has 0 aliphatic heterocycles. The summed E-state index contributed by atoms with van der Waals surface area (Å²) in [7, 11) is 1.43. The zero-order chi connectivity index (χ0) is 12.4. The molecule has 0 aliphatic carbocycles. The number of hydrogen-bond donors (Lipinski definition) is 0. The summed E-state index contributed by atoms with van der Waals surface area (Å²) in [4.78, 5) is 0. The van der Waals surface area contributed by atoms with Crippen LogP contribution in [0.1, 0.15) is 0 Å². The van der Waals surface area contributed by atoms with Gasteiger partial charge >= 0.3 is 0 Å². The van der Waals surface area contributed by atoms with Gasteiger partial charge in [0.05, 0.1) is 10.7 Å². The van der Waals surface area contributed by atoms with Crippen LogP contribution in [0.15, 0.2) is 36.4 Å². The summed E-state index contributed by atoms with van der Waals surface area (Å²) in [6.45, 7) is 0. The van der Waals surface area contributed by atoms with Crippen LogP contribution in [-0.4, -0.2) is 7.11 Å². The molecule has 0 aliphatic rings. The van der Waals surface area contributed by atoms with Gasteiger partial charge in [0, 0.05) is 5.56 Å². The summed E-state index contributed by atoms with van der Waals surface area (Å²) >= 11 is 1.73. The third-order valence-electron chi connectivity index (χ3n) is 2.42. The molecule has 0 heterocycles. The number of rotatable bonds is 2. The summed E-state index contributed by atoms with van der Waals surface area (Å²) in [6.07, 6.45) is 0. The van der Waals surface area contributed by atoms with Crippen LogP contribution in [0.2, 0.25) is 0 Å². The molecule has 0 unspecified atom stereocenters. The van der Waals surface area contributed by atoms with Crippen LogP contribution in [0.3, 0.4) is 0 Å². The molecule has 0 saturated carbocycles. The molecule has 0 atom stereocenters. The fourth-order valence-electron chi connectivity index (χ4n) is 1.56. The first-order valence-electron chi connectivity index (χ1n) is 4.92. The van der Waals surface area contributed by atoms with E-state index < -0.39 is 11.6 Å². The molecular formula is C13H9F2IO. The van der Waals surface area contributed by atoms with Crippen LogP contribution in [0.25, 0.3) is 11.1 Å². The van der Waals surface area contributed by atoms with Crippen molar-refractivity contribution in [2.24, 2.45) is 0 Å². The van der Waals surface area contributed by atoms with E-state index in [2.05, 4.69) is 0 Å². The molecule has 0 N–H and O–H groups in total. The summed E-state index contributed by atoms with van der Waals surface area (Å²) in [5.74, 6) is -1.38. The summed E-state index contributed by atoms with van der Waals surface area (Å²) in [5, 5.41) is 0. The van der Waals surface area contributed by atoms with Gasteiger partial charge in [-0.25, -0.2) is 8.78 Å². The predicted molar refractivity (Wildman–Crippen MR) is 71.1 cm³/mol. The number of benzene rings is 2. The lowest BCUT2D eigenvalue weighted by Gasteiger charge is -2.10. The van der Waals surface area contributed by atoms with Gasteiger partial charge in [-0.3, -0.25) is 0 Å². The minimum absolute atomic E-state index is 0.155. The van der Waals surface area contributed by atoms with Crippen molar-refractivity contribution in [2.75, 3.05) is 7.11 Å². The van der Waals surface area contributed by atoms with Gasteiger partial charge < -0.3 is 4.74 Å². The average Bonchev–Trinajstić information content (AvgIpc) is 2.37. The Morgan fingerprint density at radius 2 is 1.71 bits per heavy atom. The quantitative estimate of drug-likeness (QED) is 0.584. The molecule has 0 radical (unpaired) electrons. The van der Waals surface area contributed by atoms with E-state index in [1.165, 1.54) is 13.2 Å². The van der Waals surface area contributed by atoms with Gasteiger partial charge in [-0.1, -0.05) is 30.3 Å². The average molecular weight is 346 g/mol. The minimum atomic E-state index is -0.871. The molecule has 0 amide bonds. The fraction of sp³-hybridized carbons (Fsp3) is 0.0769. The van der Waals surface area contributed by atoms with E-state index in [1.54, 1.807) is 46.9 Å². The van der Waals surface area contributed by atoms with Crippen LogP contribution in [0.4, 0.5) is 8.78 Å². The maximum Gasteiger partial charge on any atom is 0.176 e. The Morgan fingerprint density at radius 3 is 2.29 bits per heavy atom. The van der Waals surface area contributed by atoms with Crippen LogP contribution in [0, 0.1) is 15.2 Å². The molecule has 0 bridgehead atoms. The molecule has 0 aromatic heterocycles. The Kier molecular flexibility index (Phi) is 3.61. The molecule has 2 aromatic carbocycles. The lowest BCUT2D eigenvalue weighted by atomic mass is 10.0. The molecule has 0 spiro atoms. The maximum absolute atomic E-state index is 13.8. The molecule has 2 rings (SSSR count). The highest BCUT2D eigenvalue weighted by Crippen LogP contribution is 2.33. The highest BCUT2D eigenvalue weighted by molar-refractivity contribution is 14.1. The van der Waals surface area contributed by atoms with Crippen molar-refractivity contribution in [1.29, 1.82) is 0 Å². The van der Waals surface area contributed by atoms with Crippen LogP contribution >= 0.6 is 22.6 Å². The van der Waals surface area contributed by atoms with Gasteiger partial charge in [0.15, 0.2) is 11.6 Å². The number of ether oxygens (including phenoxy) is 1. The van der Waals surface area contributed by atoms with Crippen molar-refractivity contribution in [3.63, 3.8) is 0 Å². The van der Waals surface area contributed by atoms with Gasteiger partial charge in [-0.15, -0.1) is 0 Å². The monoisotopic (exact) mass is 346 g/mol. The highest BCUT2D eigenvalue weighted by Gasteiger charge is 2.18. The first-order chi connectivity index (χ1) is 8.15. The predicted octanol–water partition coefficient (Wildman–Crippen LogP) is 4.25. The van der Waals surface area contributed by atoms with Gasteiger partial charge in [-0.05, 0) is 34.2 Å². The Hall–Kier alpha value is -1.17. The van der Waals surface area contributed by atoms with E-state index in [-0.39, 0.29) is 9.13 Å². The number of methoxy groups -OCH3 is 1. The van der Waals surface area contributed by atoms with Crippen LogP contribution < -0.4 is 4.74 Å². The highest BCUT2D eigenvalue weighted by atomic mass is 127. The lowest BCUT2D eigenvalue weighted by molar-refractivity contribution is 0.402. The van der Waals surface area contributed by atoms with E-state index >= 15 is 0 Å². The normalized spacial score (nSPS) is 10.4. The lowest BCUT2D eigenvalue weighted by Crippen LogP contribution is -1.97. The van der Waals surface area contributed by atoms with E-state index in [1.807, 2.05) is 6.07 Å². The molecule has 0 saturated heterocycles. The minimum Gasteiger partial charge on any atom is -0.496 e. The maximum atomic E-state index is 13.8. The smallest absolute Gasteiger partial charge is 0.176 e. The molecular weight excluding hydrogens is 337 g/mol. The Labute approximate surface area is 112 Å². The third kappa shape index (κ3) is 2.26. The molecule has 0 fully saturated rings. The first kappa shape index (κ1) is 12.3. The van der Waals surface area contributed by atoms with Gasteiger partial charge in [0.25, 0.3) is 0 Å². The summed E-state index contributed by atoms with van der Waals surface area (Å²) in [6, 6.07) is 10.3. The van der Waals surface area contributed by atoms with Gasteiger partial charge in [0.1, 0.15) is 5.75 Å². The largest absolute Gasteiger partial charge is 0.496 e. The molecule has 1 nitrogen and oxygen atoms in total. The summed E-state index contributed by atoms with van der Waals surface area (Å²) < 4.78 is 32.7. The molecule has 17 heavy (non-hydrogen) atoms. The standard InChI is InChI=1S/C13H9F2IO/c1-17-10-7-9(8-5-3-2-4-6-8)11(14)12(15)13(10)16/h2-7H,1H3. The van der Waals surface area contributed by atoms with Gasteiger partial charge in [-0.2, -0.15) is 0 Å². The number of hydrogen-bond acceptors (Lipinski definition) is 1. The summed E-state index contributed by atoms with van der Waals surface area (Å²) in [5.41, 5.74) is 0.832. The second kappa shape index (κ2) is 5.00. The molecule has 4 heteroatoms. The Morgan fingerprint density at radius 1 is 1.06 bits per heavy atom. The van der Waals surface area contributed by atoms with Crippen molar-refractivity contribution in [2.45, 2.75) is 0 Å². The molecule has 88 valence electrons. The van der Waals surface area contributed by atoms with Crippen LogP contribution in [0.5, 0.6) is 5.75 Å². The van der Waals surface area contributed by atoms with Crippen molar-refractivity contribution < 1.29 is 13.5 Å².